The van der Waals surface area contributed by atoms with E-state index in [9.17, 15) is 18.0 Å². The summed E-state index contributed by atoms with van der Waals surface area (Å²) >= 11 is 0.854. The van der Waals surface area contributed by atoms with Crippen molar-refractivity contribution in [3.05, 3.63) is 100 Å². The molecule has 1 saturated heterocycles. The zero-order valence-electron chi connectivity index (χ0n) is 17.1. The van der Waals surface area contributed by atoms with Gasteiger partial charge in [0, 0.05) is 0 Å². The Morgan fingerprint density at radius 2 is 1.66 bits per heavy atom. The van der Waals surface area contributed by atoms with Crippen molar-refractivity contribution in [3.63, 3.8) is 0 Å². The Balaban J connectivity index is 1.52. The van der Waals surface area contributed by atoms with Gasteiger partial charge in [-0.2, -0.15) is 8.42 Å². The molecule has 1 fully saturated rings. The number of rotatable bonds is 6. The van der Waals surface area contributed by atoms with Crippen LogP contribution in [0.1, 0.15) is 16.7 Å². The van der Waals surface area contributed by atoms with E-state index in [0.29, 0.717) is 5.56 Å². The predicted octanol–water partition coefficient (Wildman–Crippen LogP) is 5.00. The maximum atomic E-state index is 12.8. The highest BCUT2D eigenvalue weighted by Crippen LogP contribution is 2.34. The second-order valence-electron chi connectivity index (χ2n) is 7.18. The summed E-state index contributed by atoms with van der Waals surface area (Å²) in [6, 6.07) is 21.8. The van der Waals surface area contributed by atoms with Crippen LogP contribution in [0.4, 0.5) is 4.79 Å². The van der Waals surface area contributed by atoms with Gasteiger partial charge in [-0.15, -0.1) is 0 Å². The van der Waals surface area contributed by atoms with Gasteiger partial charge in [0.25, 0.3) is 11.1 Å². The average molecular weight is 466 g/mol. The summed E-state index contributed by atoms with van der Waals surface area (Å²) in [6.45, 7) is 2.16. The number of carbonyl (C=O) groups is 2. The summed E-state index contributed by atoms with van der Waals surface area (Å²) in [7, 11) is -3.98. The van der Waals surface area contributed by atoms with E-state index in [1.54, 1.807) is 36.4 Å². The Kier molecular flexibility index (Phi) is 6.16. The maximum absolute atomic E-state index is 12.8. The Bertz CT molecular complexity index is 1300. The number of thioether (sulfide) groups is 1. The van der Waals surface area contributed by atoms with E-state index in [0.717, 1.165) is 22.9 Å². The molecular weight excluding hydrogens is 446 g/mol. The minimum absolute atomic E-state index is 0.0441. The van der Waals surface area contributed by atoms with Crippen molar-refractivity contribution in [1.29, 1.82) is 0 Å². The van der Waals surface area contributed by atoms with E-state index >= 15 is 0 Å². The summed E-state index contributed by atoms with van der Waals surface area (Å²) in [6.07, 6.45) is 1.56. The molecule has 1 aliphatic heterocycles. The van der Waals surface area contributed by atoms with Gasteiger partial charge >= 0.3 is 10.1 Å². The molecule has 0 saturated carbocycles. The molecule has 1 heterocycles. The second kappa shape index (κ2) is 9.02. The van der Waals surface area contributed by atoms with Gasteiger partial charge in [-0.3, -0.25) is 14.5 Å². The topological polar surface area (TPSA) is 80.8 Å². The van der Waals surface area contributed by atoms with Gasteiger partial charge in [0.2, 0.25) is 0 Å². The summed E-state index contributed by atoms with van der Waals surface area (Å²) in [5.74, 6) is -0.273. The molecule has 6 nitrogen and oxygen atoms in total. The number of hydrogen-bond donors (Lipinski definition) is 0. The van der Waals surface area contributed by atoms with Gasteiger partial charge in [0.05, 0.1) is 11.4 Å². The van der Waals surface area contributed by atoms with Crippen LogP contribution in [-0.2, 0) is 21.5 Å². The van der Waals surface area contributed by atoms with Gasteiger partial charge in [0.15, 0.2) is 0 Å². The fraction of sp³-hybridized carbons (Fsp3) is 0.0833. The molecule has 0 aromatic heterocycles. The molecule has 0 atom stereocenters. The summed E-state index contributed by atoms with van der Waals surface area (Å²) < 4.78 is 30.1. The van der Waals surface area contributed by atoms with Crippen molar-refractivity contribution in [3.8, 4) is 5.75 Å². The highest BCUT2D eigenvalue weighted by atomic mass is 32.2. The van der Waals surface area contributed by atoms with E-state index in [1.807, 2.05) is 31.2 Å². The van der Waals surface area contributed by atoms with Gasteiger partial charge in [-0.1, -0.05) is 60.2 Å². The van der Waals surface area contributed by atoms with E-state index in [1.165, 1.54) is 29.2 Å². The lowest BCUT2D eigenvalue weighted by molar-refractivity contribution is -0.123. The molecule has 3 aromatic rings. The minimum Gasteiger partial charge on any atom is -0.379 e. The lowest BCUT2D eigenvalue weighted by atomic mass is 10.1. The largest absolute Gasteiger partial charge is 0.379 e. The molecule has 4 rings (SSSR count). The first-order valence-corrected chi connectivity index (χ1v) is 11.9. The quantitative estimate of drug-likeness (QED) is 0.376. The highest BCUT2D eigenvalue weighted by molar-refractivity contribution is 8.18. The third-order valence-electron chi connectivity index (χ3n) is 4.73. The Labute approximate surface area is 190 Å². The number of carbonyl (C=O) groups excluding carboxylic acids is 2. The van der Waals surface area contributed by atoms with Crippen LogP contribution in [0, 0.1) is 6.92 Å². The molecule has 1 aliphatic rings. The molecule has 0 unspecified atom stereocenters. The van der Waals surface area contributed by atoms with Gasteiger partial charge < -0.3 is 4.18 Å². The molecule has 32 heavy (non-hydrogen) atoms. The lowest BCUT2D eigenvalue weighted by Crippen LogP contribution is -2.27. The van der Waals surface area contributed by atoms with Crippen LogP contribution in [0.5, 0.6) is 5.75 Å². The molecule has 0 aliphatic carbocycles. The molecule has 3 aromatic carbocycles. The number of benzene rings is 3. The third-order valence-corrected chi connectivity index (χ3v) is 6.90. The first kappa shape index (κ1) is 21.9. The van der Waals surface area contributed by atoms with Crippen molar-refractivity contribution >= 4 is 39.1 Å². The highest BCUT2D eigenvalue weighted by Gasteiger charge is 2.35. The van der Waals surface area contributed by atoms with Gasteiger partial charge in [-0.05, 0) is 60.2 Å². The Morgan fingerprint density at radius 3 is 2.38 bits per heavy atom. The van der Waals surface area contributed by atoms with Gasteiger partial charge in [-0.25, -0.2) is 0 Å². The molecule has 2 amide bonds. The van der Waals surface area contributed by atoms with Gasteiger partial charge in [0.1, 0.15) is 10.6 Å². The van der Waals surface area contributed by atoms with E-state index in [-0.39, 0.29) is 33.2 Å². The first-order valence-electron chi connectivity index (χ1n) is 9.72. The van der Waals surface area contributed by atoms with E-state index in [2.05, 4.69) is 0 Å². The van der Waals surface area contributed by atoms with Crippen LogP contribution in [0.2, 0.25) is 0 Å². The summed E-state index contributed by atoms with van der Waals surface area (Å²) in [5, 5.41) is -0.346. The Hall–Kier alpha value is -3.36. The first-order chi connectivity index (χ1) is 15.3. The monoisotopic (exact) mass is 465 g/mol. The van der Waals surface area contributed by atoms with Crippen LogP contribution in [0.15, 0.2) is 88.7 Å². The minimum atomic E-state index is -3.98. The van der Waals surface area contributed by atoms with Crippen LogP contribution < -0.4 is 4.18 Å². The van der Waals surface area contributed by atoms with Crippen molar-refractivity contribution in [2.75, 3.05) is 0 Å². The van der Waals surface area contributed by atoms with Crippen molar-refractivity contribution < 1.29 is 22.2 Å². The fourth-order valence-electron chi connectivity index (χ4n) is 3.08. The zero-order valence-corrected chi connectivity index (χ0v) is 18.7. The standard InChI is InChI=1S/C24H19NO5S2/c1-17-10-12-18(13-11-17)16-25-23(26)22(31-24(25)27)15-19-6-5-7-20(14-19)30-32(28,29)21-8-3-2-4-9-21/h2-15H,16H2,1H3/b22-15-. The van der Waals surface area contributed by atoms with E-state index in [4.69, 9.17) is 4.18 Å². The number of hydrogen-bond acceptors (Lipinski definition) is 6. The van der Waals surface area contributed by atoms with Crippen molar-refractivity contribution in [2.24, 2.45) is 0 Å². The molecule has 0 radical (unpaired) electrons. The van der Waals surface area contributed by atoms with E-state index < -0.39 is 10.1 Å². The average Bonchev–Trinajstić information content (AvgIpc) is 3.03. The van der Waals surface area contributed by atoms with Crippen molar-refractivity contribution in [1.82, 2.24) is 4.90 Å². The number of nitrogens with zero attached hydrogens (tertiary/aromatic N) is 1. The molecule has 0 spiro atoms. The molecule has 162 valence electrons. The maximum Gasteiger partial charge on any atom is 0.339 e. The second-order valence-corrected chi connectivity index (χ2v) is 9.72. The van der Waals surface area contributed by atoms with Crippen LogP contribution >= 0.6 is 11.8 Å². The molecule has 8 heteroatoms. The summed E-state index contributed by atoms with van der Waals surface area (Å²) in [4.78, 5) is 26.7. The predicted molar refractivity (Wildman–Crippen MR) is 123 cm³/mol. The SMILES string of the molecule is Cc1ccc(CN2C(=O)S/C(=C\c3cccc(OS(=O)(=O)c4ccccc4)c3)C2=O)cc1. The van der Waals surface area contributed by atoms with Crippen LogP contribution in [-0.4, -0.2) is 24.5 Å². The summed E-state index contributed by atoms with van der Waals surface area (Å²) in [5.41, 5.74) is 2.51. The number of imide groups is 1. The zero-order chi connectivity index (χ0) is 22.7. The Morgan fingerprint density at radius 1 is 0.938 bits per heavy atom. The smallest absolute Gasteiger partial charge is 0.339 e. The fourth-order valence-corrected chi connectivity index (χ4v) is 4.86. The third kappa shape index (κ3) is 4.92. The number of aryl methyl sites for hydroxylation is 1. The molecule has 0 N–H and O–H groups in total. The van der Waals surface area contributed by atoms with Crippen molar-refractivity contribution in [2.45, 2.75) is 18.4 Å². The molecule has 0 bridgehead atoms. The normalized spacial score (nSPS) is 15.4. The molecular formula is C24H19NO5S2. The van der Waals surface area contributed by atoms with Crippen LogP contribution in [0.3, 0.4) is 0 Å². The van der Waals surface area contributed by atoms with Crippen LogP contribution in [0.25, 0.3) is 6.08 Å². The number of amides is 2. The lowest BCUT2D eigenvalue weighted by Gasteiger charge is -2.12.